The summed E-state index contributed by atoms with van der Waals surface area (Å²) in [6, 6.07) is 6.14. The number of hydrogen-bond acceptors (Lipinski definition) is 2. The van der Waals surface area contributed by atoms with Crippen LogP contribution in [0.3, 0.4) is 0 Å². The van der Waals surface area contributed by atoms with Gasteiger partial charge in [0.1, 0.15) is 5.75 Å². The number of carbonyl (C=O) groups is 1. The van der Waals surface area contributed by atoms with Gasteiger partial charge in [0, 0.05) is 6.04 Å². The van der Waals surface area contributed by atoms with Gasteiger partial charge in [0.05, 0.1) is 0 Å². The third-order valence-electron chi connectivity index (χ3n) is 2.58. The molecule has 0 aliphatic heterocycles. The summed E-state index contributed by atoms with van der Waals surface area (Å²) in [7, 11) is 0. The van der Waals surface area contributed by atoms with Crippen molar-refractivity contribution in [2.24, 2.45) is 0 Å². The Bertz CT molecular complexity index is 368. The minimum atomic E-state index is -0.0708. The Kier molecular flexibility index (Phi) is 5.01. The first kappa shape index (κ1) is 13.6. The van der Waals surface area contributed by atoms with Gasteiger partial charge in [-0.1, -0.05) is 13.0 Å². The van der Waals surface area contributed by atoms with Crippen LogP contribution in [-0.4, -0.2) is 18.6 Å². The molecule has 0 radical (unpaired) electrons. The maximum absolute atomic E-state index is 11.5. The van der Waals surface area contributed by atoms with Crippen LogP contribution >= 0.6 is 0 Å². The van der Waals surface area contributed by atoms with Crippen LogP contribution in [0.5, 0.6) is 5.75 Å². The number of hydrogen-bond donors (Lipinski definition) is 1. The average molecular weight is 235 g/mol. The molecular weight excluding hydrogens is 214 g/mol. The van der Waals surface area contributed by atoms with E-state index >= 15 is 0 Å². The predicted molar refractivity (Wildman–Crippen MR) is 69.3 cm³/mol. The zero-order chi connectivity index (χ0) is 12.8. The number of nitrogens with one attached hydrogen (secondary N) is 1. The van der Waals surface area contributed by atoms with Gasteiger partial charge in [-0.05, 0) is 50.5 Å². The number of benzene rings is 1. The van der Waals surface area contributed by atoms with Crippen molar-refractivity contribution in [2.45, 2.75) is 40.2 Å². The number of ether oxygens (including phenoxy) is 1. The lowest BCUT2D eigenvalue weighted by molar-refractivity contribution is -0.123. The molecule has 1 rings (SSSR count). The smallest absolute Gasteiger partial charge is 0.258 e. The quantitative estimate of drug-likeness (QED) is 0.852. The maximum Gasteiger partial charge on any atom is 0.258 e. The second-order valence-corrected chi connectivity index (χ2v) is 4.49. The van der Waals surface area contributed by atoms with E-state index in [1.807, 2.05) is 39.8 Å². The second kappa shape index (κ2) is 6.28. The Morgan fingerprint density at radius 2 is 1.88 bits per heavy atom. The first-order chi connectivity index (χ1) is 8.01. The summed E-state index contributed by atoms with van der Waals surface area (Å²) in [5, 5.41) is 2.87. The molecule has 0 saturated heterocycles. The van der Waals surface area contributed by atoms with Crippen molar-refractivity contribution in [3.63, 3.8) is 0 Å². The molecule has 0 aliphatic rings. The van der Waals surface area contributed by atoms with Crippen LogP contribution in [-0.2, 0) is 4.79 Å². The summed E-state index contributed by atoms with van der Waals surface area (Å²) in [6.07, 6.45) is 0.926. The molecule has 1 atom stereocenters. The monoisotopic (exact) mass is 235 g/mol. The highest BCUT2D eigenvalue weighted by molar-refractivity contribution is 5.77. The molecule has 3 heteroatoms. The van der Waals surface area contributed by atoms with E-state index in [0.29, 0.717) is 0 Å². The minimum Gasteiger partial charge on any atom is -0.484 e. The van der Waals surface area contributed by atoms with Crippen LogP contribution in [0.4, 0.5) is 0 Å². The van der Waals surface area contributed by atoms with Gasteiger partial charge in [-0.25, -0.2) is 0 Å². The number of carbonyl (C=O) groups excluding carboxylic acids is 1. The van der Waals surface area contributed by atoms with Crippen molar-refractivity contribution < 1.29 is 9.53 Å². The van der Waals surface area contributed by atoms with Crippen LogP contribution < -0.4 is 10.1 Å². The van der Waals surface area contributed by atoms with Crippen molar-refractivity contribution in [1.29, 1.82) is 0 Å². The molecule has 94 valence electrons. The van der Waals surface area contributed by atoms with Crippen molar-refractivity contribution in [3.8, 4) is 5.75 Å². The summed E-state index contributed by atoms with van der Waals surface area (Å²) >= 11 is 0. The lowest BCUT2D eigenvalue weighted by atomic mass is 10.1. The zero-order valence-corrected chi connectivity index (χ0v) is 11.0. The summed E-state index contributed by atoms with van der Waals surface area (Å²) in [6.45, 7) is 8.12. The molecule has 0 fully saturated rings. The largest absolute Gasteiger partial charge is 0.484 e. The van der Waals surface area contributed by atoms with E-state index in [-0.39, 0.29) is 18.6 Å². The molecule has 0 spiro atoms. The van der Waals surface area contributed by atoms with Crippen LogP contribution in [0.25, 0.3) is 0 Å². The van der Waals surface area contributed by atoms with E-state index < -0.39 is 0 Å². The van der Waals surface area contributed by atoms with E-state index in [4.69, 9.17) is 4.74 Å². The molecule has 0 bridgehead atoms. The topological polar surface area (TPSA) is 38.3 Å². The molecule has 1 aromatic rings. The molecule has 0 unspecified atom stereocenters. The van der Waals surface area contributed by atoms with Gasteiger partial charge in [-0.15, -0.1) is 0 Å². The van der Waals surface area contributed by atoms with E-state index in [9.17, 15) is 4.79 Å². The Labute approximate surface area is 103 Å². The summed E-state index contributed by atoms with van der Waals surface area (Å²) in [4.78, 5) is 11.5. The maximum atomic E-state index is 11.5. The fourth-order valence-corrected chi connectivity index (χ4v) is 1.58. The van der Waals surface area contributed by atoms with Gasteiger partial charge in [0.15, 0.2) is 6.61 Å². The Balaban J connectivity index is 2.47. The minimum absolute atomic E-state index is 0.0708. The third-order valence-corrected chi connectivity index (χ3v) is 2.58. The van der Waals surface area contributed by atoms with Crippen molar-refractivity contribution >= 4 is 5.91 Å². The summed E-state index contributed by atoms with van der Waals surface area (Å²) < 4.78 is 5.46. The highest BCUT2D eigenvalue weighted by Crippen LogP contribution is 2.15. The van der Waals surface area contributed by atoms with Crippen molar-refractivity contribution in [1.82, 2.24) is 5.32 Å². The summed E-state index contributed by atoms with van der Waals surface area (Å²) in [5.74, 6) is 0.681. The standard InChI is InChI=1S/C14H21NO2/c1-5-12(4)15-14(16)9-17-13-7-10(2)6-11(3)8-13/h6-8,12H,5,9H2,1-4H3,(H,15,16)/t12-/m0/s1. The van der Waals surface area contributed by atoms with E-state index in [0.717, 1.165) is 23.3 Å². The Morgan fingerprint density at radius 3 is 2.41 bits per heavy atom. The first-order valence-electron chi connectivity index (χ1n) is 6.01. The molecule has 17 heavy (non-hydrogen) atoms. The average Bonchev–Trinajstić information content (AvgIpc) is 2.25. The van der Waals surface area contributed by atoms with Gasteiger partial charge >= 0.3 is 0 Å². The Hall–Kier alpha value is -1.51. The fraction of sp³-hybridized carbons (Fsp3) is 0.500. The van der Waals surface area contributed by atoms with Crippen molar-refractivity contribution in [3.05, 3.63) is 29.3 Å². The highest BCUT2D eigenvalue weighted by atomic mass is 16.5. The van der Waals surface area contributed by atoms with Gasteiger partial charge in [-0.2, -0.15) is 0 Å². The molecule has 1 aromatic carbocycles. The zero-order valence-electron chi connectivity index (χ0n) is 11.0. The number of amides is 1. The molecule has 1 N–H and O–H groups in total. The molecule has 0 aromatic heterocycles. The van der Waals surface area contributed by atoms with Gasteiger partial charge in [0.2, 0.25) is 0 Å². The lowest BCUT2D eigenvalue weighted by Crippen LogP contribution is -2.35. The molecule has 0 saturated carbocycles. The van der Waals surface area contributed by atoms with E-state index in [1.165, 1.54) is 0 Å². The van der Waals surface area contributed by atoms with Crippen LogP contribution in [0.15, 0.2) is 18.2 Å². The number of rotatable bonds is 5. The fourth-order valence-electron chi connectivity index (χ4n) is 1.58. The van der Waals surface area contributed by atoms with Crippen LogP contribution in [0.1, 0.15) is 31.4 Å². The van der Waals surface area contributed by atoms with Gasteiger partial charge < -0.3 is 10.1 Å². The molecule has 0 heterocycles. The number of aryl methyl sites for hydroxylation is 2. The SMILES string of the molecule is CC[C@H](C)NC(=O)COc1cc(C)cc(C)c1. The van der Waals surface area contributed by atoms with Crippen LogP contribution in [0.2, 0.25) is 0 Å². The first-order valence-corrected chi connectivity index (χ1v) is 6.01. The van der Waals surface area contributed by atoms with Crippen LogP contribution in [0, 0.1) is 13.8 Å². The normalized spacial score (nSPS) is 12.0. The Morgan fingerprint density at radius 1 is 1.29 bits per heavy atom. The van der Waals surface area contributed by atoms with Gasteiger partial charge in [-0.3, -0.25) is 4.79 Å². The van der Waals surface area contributed by atoms with Crippen molar-refractivity contribution in [2.75, 3.05) is 6.61 Å². The molecule has 3 nitrogen and oxygen atoms in total. The second-order valence-electron chi connectivity index (χ2n) is 4.49. The molecule has 1 amide bonds. The third kappa shape index (κ3) is 4.89. The predicted octanol–water partition coefficient (Wildman–Crippen LogP) is 2.60. The molecule has 0 aliphatic carbocycles. The highest BCUT2D eigenvalue weighted by Gasteiger charge is 2.06. The lowest BCUT2D eigenvalue weighted by Gasteiger charge is -2.12. The van der Waals surface area contributed by atoms with E-state index in [1.54, 1.807) is 0 Å². The van der Waals surface area contributed by atoms with E-state index in [2.05, 4.69) is 11.4 Å². The molecular formula is C14H21NO2. The summed E-state index contributed by atoms with van der Waals surface area (Å²) in [5.41, 5.74) is 2.28. The van der Waals surface area contributed by atoms with Gasteiger partial charge in [0.25, 0.3) is 5.91 Å².